The Hall–Kier alpha value is -3.02. The van der Waals surface area contributed by atoms with Crippen molar-refractivity contribution in [1.82, 2.24) is 16.1 Å². The number of amides is 3. The van der Waals surface area contributed by atoms with Gasteiger partial charge in [0.2, 0.25) is 0 Å². The van der Waals surface area contributed by atoms with E-state index in [-0.39, 0.29) is 18.0 Å². The van der Waals surface area contributed by atoms with E-state index in [2.05, 4.69) is 16.1 Å². The van der Waals surface area contributed by atoms with Crippen LogP contribution in [-0.2, 0) is 6.54 Å². The molecule has 0 aliphatic carbocycles. The number of hydrogen-bond donors (Lipinski definition) is 3. The van der Waals surface area contributed by atoms with Crippen LogP contribution in [0.25, 0.3) is 0 Å². The van der Waals surface area contributed by atoms with E-state index < -0.39 is 0 Å². The fraction of sp³-hybridized carbons (Fsp3) is 0.333. The SMILES string of the molecule is CCN(NC(=O)c1ccc(CNC(=O)NC(C)C)cc1)c1ccc(C)cc1. The summed E-state index contributed by atoms with van der Waals surface area (Å²) in [6, 6.07) is 15.1. The number of carbonyl (C=O) groups excluding carboxylic acids is 2. The molecule has 2 aromatic carbocycles. The van der Waals surface area contributed by atoms with Crippen molar-refractivity contribution in [3.63, 3.8) is 0 Å². The molecule has 0 bridgehead atoms. The van der Waals surface area contributed by atoms with Gasteiger partial charge in [-0.1, -0.05) is 29.8 Å². The summed E-state index contributed by atoms with van der Waals surface area (Å²) in [4.78, 5) is 24.1. The number of nitrogens with one attached hydrogen (secondary N) is 3. The van der Waals surface area contributed by atoms with Crippen LogP contribution >= 0.6 is 0 Å². The Balaban J connectivity index is 1.94. The smallest absolute Gasteiger partial charge is 0.315 e. The Morgan fingerprint density at radius 3 is 2.19 bits per heavy atom. The van der Waals surface area contributed by atoms with E-state index in [1.165, 1.54) is 5.56 Å². The fourth-order valence-corrected chi connectivity index (χ4v) is 2.51. The van der Waals surface area contributed by atoms with Gasteiger partial charge in [0.1, 0.15) is 0 Å². The summed E-state index contributed by atoms with van der Waals surface area (Å²) >= 11 is 0. The molecule has 0 aliphatic rings. The molecule has 0 heterocycles. The number of urea groups is 1. The van der Waals surface area contributed by atoms with Crippen LogP contribution in [0.1, 0.15) is 42.3 Å². The van der Waals surface area contributed by atoms with Crippen molar-refractivity contribution in [3.8, 4) is 0 Å². The minimum atomic E-state index is -0.205. The summed E-state index contributed by atoms with van der Waals surface area (Å²) in [6.07, 6.45) is 0. The van der Waals surface area contributed by atoms with E-state index in [0.717, 1.165) is 11.3 Å². The van der Waals surface area contributed by atoms with Gasteiger partial charge in [0, 0.05) is 24.7 Å². The molecule has 3 amide bonds. The maximum Gasteiger partial charge on any atom is 0.315 e. The largest absolute Gasteiger partial charge is 0.336 e. The summed E-state index contributed by atoms with van der Waals surface area (Å²) < 4.78 is 0. The number of benzene rings is 2. The molecular formula is C21H28N4O2. The first-order chi connectivity index (χ1) is 12.9. The molecule has 0 radical (unpaired) electrons. The molecule has 0 fully saturated rings. The Morgan fingerprint density at radius 2 is 1.63 bits per heavy atom. The summed E-state index contributed by atoms with van der Waals surface area (Å²) in [5, 5.41) is 7.37. The van der Waals surface area contributed by atoms with Crippen LogP contribution in [0.2, 0.25) is 0 Å². The van der Waals surface area contributed by atoms with Gasteiger partial charge in [-0.2, -0.15) is 0 Å². The molecule has 6 heteroatoms. The molecule has 0 atom stereocenters. The zero-order valence-electron chi connectivity index (χ0n) is 16.4. The lowest BCUT2D eigenvalue weighted by atomic mass is 10.1. The van der Waals surface area contributed by atoms with Crippen molar-refractivity contribution < 1.29 is 9.59 Å². The van der Waals surface area contributed by atoms with Crippen LogP contribution in [0.15, 0.2) is 48.5 Å². The number of carbonyl (C=O) groups is 2. The van der Waals surface area contributed by atoms with Crippen molar-refractivity contribution in [2.45, 2.75) is 40.3 Å². The predicted octanol–water partition coefficient (Wildman–Crippen LogP) is 3.37. The first-order valence-electron chi connectivity index (χ1n) is 9.17. The topological polar surface area (TPSA) is 73.5 Å². The normalized spacial score (nSPS) is 10.4. The van der Waals surface area contributed by atoms with Crippen molar-refractivity contribution in [1.29, 1.82) is 0 Å². The average Bonchev–Trinajstić information content (AvgIpc) is 2.65. The number of rotatable bonds is 7. The summed E-state index contributed by atoms with van der Waals surface area (Å²) in [5.74, 6) is -0.172. The molecule has 0 saturated heterocycles. The van der Waals surface area contributed by atoms with Gasteiger partial charge in [0.05, 0.1) is 5.69 Å². The average molecular weight is 368 g/mol. The van der Waals surface area contributed by atoms with E-state index in [9.17, 15) is 9.59 Å². The lowest BCUT2D eigenvalue weighted by molar-refractivity contribution is 0.0949. The third kappa shape index (κ3) is 6.33. The van der Waals surface area contributed by atoms with Gasteiger partial charge >= 0.3 is 6.03 Å². The first-order valence-corrected chi connectivity index (χ1v) is 9.17. The third-order valence-electron chi connectivity index (χ3n) is 3.99. The second kappa shape index (κ2) is 9.62. The molecule has 144 valence electrons. The van der Waals surface area contributed by atoms with E-state index in [4.69, 9.17) is 0 Å². The quantitative estimate of drug-likeness (QED) is 0.656. The summed E-state index contributed by atoms with van der Waals surface area (Å²) in [6.45, 7) is 8.89. The highest BCUT2D eigenvalue weighted by Gasteiger charge is 2.11. The van der Waals surface area contributed by atoms with Gasteiger partial charge in [0.25, 0.3) is 5.91 Å². The molecule has 0 spiro atoms. The zero-order chi connectivity index (χ0) is 19.8. The van der Waals surface area contributed by atoms with Crippen LogP contribution < -0.4 is 21.1 Å². The van der Waals surface area contributed by atoms with E-state index in [1.807, 2.05) is 69.1 Å². The maximum atomic E-state index is 12.5. The second-order valence-corrected chi connectivity index (χ2v) is 6.70. The lowest BCUT2D eigenvalue weighted by Gasteiger charge is -2.24. The standard InChI is InChI=1S/C21H28N4O2/c1-5-25(19-12-6-16(4)7-13-19)24-20(26)18-10-8-17(9-11-18)14-22-21(27)23-15(2)3/h6-13,15H,5,14H2,1-4H3,(H,24,26)(H2,22,23,27). The second-order valence-electron chi connectivity index (χ2n) is 6.70. The van der Waals surface area contributed by atoms with E-state index in [0.29, 0.717) is 18.7 Å². The number of anilines is 1. The molecule has 0 aliphatic heterocycles. The Kier molecular flexibility index (Phi) is 7.23. The van der Waals surface area contributed by atoms with Gasteiger partial charge in [-0.05, 0) is 57.5 Å². The molecule has 0 unspecified atom stereocenters. The van der Waals surface area contributed by atoms with Crippen molar-refractivity contribution >= 4 is 17.6 Å². The predicted molar refractivity (Wildman–Crippen MR) is 109 cm³/mol. The van der Waals surface area contributed by atoms with Crippen LogP contribution in [0.5, 0.6) is 0 Å². The maximum absolute atomic E-state index is 12.5. The number of hydrazine groups is 1. The van der Waals surface area contributed by atoms with Gasteiger partial charge in [-0.15, -0.1) is 0 Å². The van der Waals surface area contributed by atoms with Crippen LogP contribution in [0.4, 0.5) is 10.5 Å². The van der Waals surface area contributed by atoms with Gasteiger partial charge < -0.3 is 10.6 Å². The lowest BCUT2D eigenvalue weighted by Crippen LogP contribution is -2.42. The van der Waals surface area contributed by atoms with Crippen LogP contribution in [0, 0.1) is 6.92 Å². The van der Waals surface area contributed by atoms with Gasteiger partial charge in [-0.25, -0.2) is 4.79 Å². The van der Waals surface area contributed by atoms with Crippen LogP contribution in [-0.4, -0.2) is 24.5 Å². The van der Waals surface area contributed by atoms with Crippen molar-refractivity contribution in [2.75, 3.05) is 11.6 Å². The van der Waals surface area contributed by atoms with E-state index >= 15 is 0 Å². The third-order valence-corrected chi connectivity index (χ3v) is 3.99. The molecule has 2 aromatic rings. The van der Waals surface area contributed by atoms with Crippen LogP contribution in [0.3, 0.4) is 0 Å². The molecule has 0 saturated carbocycles. The number of nitrogens with zero attached hydrogens (tertiary/aromatic N) is 1. The number of hydrogen-bond acceptors (Lipinski definition) is 3. The molecule has 0 aromatic heterocycles. The molecule has 6 nitrogen and oxygen atoms in total. The summed E-state index contributed by atoms with van der Waals surface area (Å²) in [5.41, 5.74) is 6.53. The zero-order valence-corrected chi connectivity index (χ0v) is 16.4. The molecule has 2 rings (SSSR count). The monoisotopic (exact) mass is 368 g/mol. The molecule has 3 N–H and O–H groups in total. The molecule has 27 heavy (non-hydrogen) atoms. The van der Waals surface area contributed by atoms with Gasteiger partial charge in [-0.3, -0.25) is 15.2 Å². The Bertz CT molecular complexity index is 755. The highest BCUT2D eigenvalue weighted by atomic mass is 16.2. The summed E-state index contributed by atoms with van der Waals surface area (Å²) in [7, 11) is 0. The van der Waals surface area contributed by atoms with E-state index in [1.54, 1.807) is 12.1 Å². The Labute approximate surface area is 160 Å². The minimum Gasteiger partial charge on any atom is -0.336 e. The molecular weight excluding hydrogens is 340 g/mol. The fourth-order valence-electron chi connectivity index (χ4n) is 2.51. The highest BCUT2D eigenvalue weighted by Crippen LogP contribution is 2.13. The van der Waals surface area contributed by atoms with Crippen molar-refractivity contribution in [3.05, 3.63) is 65.2 Å². The Morgan fingerprint density at radius 1 is 1.00 bits per heavy atom. The highest BCUT2D eigenvalue weighted by molar-refractivity contribution is 5.95. The number of aryl methyl sites for hydroxylation is 1. The van der Waals surface area contributed by atoms with Gasteiger partial charge in [0.15, 0.2) is 0 Å². The minimum absolute atomic E-state index is 0.0890. The van der Waals surface area contributed by atoms with Crippen molar-refractivity contribution in [2.24, 2.45) is 0 Å². The first kappa shape index (κ1) is 20.3.